The molecule has 2 N–H and O–H groups in total. The second kappa shape index (κ2) is 7.40. The number of aliphatic hydroxyl groups excluding tert-OH is 1. The van der Waals surface area contributed by atoms with E-state index in [2.05, 4.69) is 4.98 Å². The molecule has 3 rings (SSSR count). The van der Waals surface area contributed by atoms with Crippen LogP contribution in [-0.2, 0) is 11.2 Å². The highest BCUT2D eigenvalue weighted by molar-refractivity contribution is 5.95. The van der Waals surface area contributed by atoms with Gasteiger partial charge >= 0.3 is 5.97 Å². The molecule has 27 heavy (non-hydrogen) atoms. The summed E-state index contributed by atoms with van der Waals surface area (Å²) < 4.78 is 27.4. The Morgan fingerprint density at radius 3 is 2.74 bits per heavy atom. The molecule has 2 aromatic rings. The molecule has 1 aromatic heterocycles. The van der Waals surface area contributed by atoms with Crippen LogP contribution in [-0.4, -0.2) is 51.2 Å². The van der Waals surface area contributed by atoms with Gasteiger partial charge in [0, 0.05) is 19.3 Å². The summed E-state index contributed by atoms with van der Waals surface area (Å²) in [6.07, 6.45) is 0.795. The Morgan fingerprint density at radius 2 is 2.07 bits per heavy atom. The van der Waals surface area contributed by atoms with E-state index >= 15 is 0 Å². The van der Waals surface area contributed by atoms with Gasteiger partial charge in [0.25, 0.3) is 5.91 Å². The minimum Gasteiger partial charge on any atom is -0.481 e. The SMILES string of the molecule is O=C(c1ccncc1F)N1CC[C@@H](O)[C@](Cc2cccc(F)c2)(C(=O)O)C1. The van der Waals surface area contributed by atoms with Gasteiger partial charge in [0.05, 0.1) is 17.9 Å². The molecule has 1 amide bonds. The van der Waals surface area contributed by atoms with Crippen LogP contribution in [0.3, 0.4) is 0 Å². The lowest BCUT2D eigenvalue weighted by atomic mass is 9.72. The van der Waals surface area contributed by atoms with Crippen LogP contribution >= 0.6 is 0 Å². The average Bonchev–Trinajstić information content (AvgIpc) is 2.63. The smallest absolute Gasteiger partial charge is 0.314 e. The number of aliphatic carboxylic acids is 1. The Morgan fingerprint density at radius 1 is 1.30 bits per heavy atom. The molecule has 0 unspecified atom stereocenters. The minimum absolute atomic E-state index is 0.0139. The number of aliphatic hydroxyl groups is 1. The molecule has 6 nitrogen and oxygen atoms in total. The monoisotopic (exact) mass is 376 g/mol. The third-order valence-corrected chi connectivity index (χ3v) is 4.91. The Hall–Kier alpha value is -2.87. The van der Waals surface area contributed by atoms with Crippen molar-refractivity contribution < 1.29 is 28.6 Å². The van der Waals surface area contributed by atoms with Crippen LogP contribution in [0.1, 0.15) is 22.3 Å². The van der Waals surface area contributed by atoms with Crippen LogP contribution in [0.4, 0.5) is 8.78 Å². The molecule has 0 radical (unpaired) electrons. The Kier molecular flexibility index (Phi) is 5.18. The van der Waals surface area contributed by atoms with Crippen LogP contribution in [0.25, 0.3) is 0 Å². The number of carboxylic acid groups (broad SMARTS) is 1. The van der Waals surface area contributed by atoms with Crippen LogP contribution in [0.5, 0.6) is 0 Å². The summed E-state index contributed by atoms with van der Waals surface area (Å²) in [5, 5.41) is 20.3. The largest absolute Gasteiger partial charge is 0.481 e. The van der Waals surface area contributed by atoms with E-state index in [-0.39, 0.29) is 31.5 Å². The third-order valence-electron chi connectivity index (χ3n) is 4.91. The maximum Gasteiger partial charge on any atom is 0.314 e. The summed E-state index contributed by atoms with van der Waals surface area (Å²) in [6, 6.07) is 6.66. The number of halogens is 2. The zero-order valence-electron chi connectivity index (χ0n) is 14.3. The first-order valence-corrected chi connectivity index (χ1v) is 8.38. The van der Waals surface area contributed by atoms with E-state index in [9.17, 15) is 28.6 Å². The Balaban J connectivity index is 1.92. The van der Waals surface area contributed by atoms with Crippen molar-refractivity contribution in [1.82, 2.24) is 9.88 Å². The zero-order chi connectivity index (χ0) is 19.6. The van der Waals surface area contributed by atoms with Crippen LogP contribution in [0, 0.1) is 17.0 Å². The fourth-order valence-electron chi connectivity index (χ4n) is 3.44. The summed E-state index contributed by atoms with van der Waals surface area (Å²) in [4.78, 5) is 29.5. The lowest BCUT2D eigenvalue weighted by Crippen LogP contribution is -2.58. The predicted molar refractivity (Wildman–Crippen MR) is 90.9 cm³/mol. The van der Waals surface area contributed by atoms with E-state index in [4.69, 9.17) is 0 Å². The highest BCUT2D eigenvalue weighted by Crippen LogP contribution is 2.35. The van der Waals surface area contributed by atoms with Crippen molar-refractivity contribution in [3.63, 3.8) is 0 Å². The molecular weight excluding hydrogens is 358 g/mol. The maximum absolute atomic E-state index is 13.9. The highest BCUT2D eigenvalue weighted by atomic mass is 19.1. The quantitative estimate of drug-likeness (QED) is 0.850. The molecular formula is C19H18F2N2O4. The second-order valence-corrected chi connectivity index (χ2v) is 6.65. The van der Waals surface area contributed by atoms with Crippen molar-refractivity contribution in [2.75, 3.05) is 13.1 Å². The second-order valence-electron chi connectivity index (χ2n) is 6.65. The first-order chi connectivity index (χ1) is 12.8. The summed E-state index contributed by atoms with van der Waals surface area (Å²) >= 11 is 0. The van der Waals surface area contributed by atoms with E-state index in [1.807, 2.05) is 0 Å². The number of piperidine rings is 1. The number of benzene rings is 1. The minimum atomic E-state index is -1.72. The summed E-state index contributed by atoms with van der Waals surface area (Å²) in [5.74, 6) is -3.30. The first kappa shape index (κ1) is 18.9. The molecule has 2 atom stereocenters. The van der Waals surface area contributed by atoms with E-state index in [1.165, 1.54) is 35.4 Å². The topological polar surface area (TPSA) is 90.7 Å². The van der Waals surface area contributed by atoms with Gasteiger partial charge in [-0.3, -0.25) is 14.6 Å². The fourth-order valence-corrected chi connectivity index (χ4v) is 3.44. The van der Waals surface area contributed by atoms with E-state index < -0.39 is 35.0 Å². The molecule has 1 fully saturated rings. The number of carbonyl (C=O) groups excluding carboxylic acids is 1. The van der Waals surface area contributed by atoms with E-state index in [1.54, 1.807) is 6.07 Å². The Labute approximate surface area is 154 Å². The standard InChI is InChI=1S/C19H18F2N2O4/c20-13-3-1-2-12(8-13)9-19(18(26)27)11-23(7-5-16(19)24)17(25)14-4-6-22-10-15(14)21/h1-4,6,8,10,16,24H,5,7,9,11H2,(H,26,27)/t16-,19-/m1/s1. The molecule has 1 aliphatic heterocycles. The molecule has 1 saturated heterocycles. The van der Waals surface area contributed by atoms with E-state index in [0.717, 1.165) is 6.20 Å². The number of pyridine rings is 1. The summed E-state index contributed by atoms with van der Waals surface area (Å²) in [7, 11) is 0. The van der Waals surface area contributed by atoms with Crippen molar-refractivity contribution in [1.29, 1.82) is 0 Å². The van der Waals surface area contributed by atoms with Crippen molar-refractivity contribution in [3.05, 3.63) is 65.5 Å². The van der Waals surface area contributed by atoms with Gasteiger partial charge in [-0.15, -0.1) is 0 Å². The van der Waals surface area contributed by atoms with Gasteiger partial charge in [-0.25, -0.2) is 8.78 Å². The van der Waals surface area contributed by atoms with Crippen molar-refractivity contribution >= 4 is 11.9 Å². The molecule has 2 heterocycles. The van der Waals surface area contributed by atoms with Crippen LogP contribution in [0.2, 0.25) is 0 Å². The Bertz CT molecular complexity index is 876. The number of carbonyl (C=O) groups is 2. The normalized spacial score (nSPS) is 22.5. The van der Waals surface area contributed by atoms with Crippen molar-refractivity contribution in [2.24, 2.45) is 5.41 Å². The number of rotatable bonds is 4. The van der Waals surface area contributed by atoms with Gasteiger partial charge in [0.2, 0.25) is 0 Å². The number of aromatic nitrogens is 1. The summed E-state index contributed by atoms with van der Waals surface area (Å²) in [5.41, 5.74) is -1.54. The molecule has 0 saturated carbocycles. The number of hydrogen-bond donors (Lipinski definition) is 2. The number of carboxylic acids is 1. The molecule has 0 bridgehead atoms. The summed E-state index contributed by atoms with van der Waals surface area (Å²) in [6.45, 7) is -0.236. The molecule has 1 aliphatic rings. The molecule has 1 aromatic carbocycles. The van der Waals surface area contributed by atoms with Gasteiger partial charge < -0.3 is 15.1 Å². The molecule has 8 heteroatoms. The zero-order valence-corrected chi connectivity index (χ0v) is 14.3. The van der Waals surface area contributed by atoms with Gasteiger partial charge in [0.15, 0.2) is 5.82 Å². The van der Waals surface area contributed by atoms with Gasteiger partial charge in [-0.1, -0.05) is 12.1 Å². The average molecular weight is 376 g/mol. The molecule has 0 aliphatic carbocycles. The highest BCUT2D eigenvalue weighted by Gasteiger charge is 2.50. The van der Waals surface area contributed by atoms with Gasteiger partial charge in [0.1, 0.15) is 11.2 Å². The van der Waals surface area contributed by atoms with Gasteiger partial charge in [-0.05, 0) is 36.6 Å². The lowest BCUT2D eigenvalue weighted by Gasteiger charge is -2.43. The lowest BCUT2D eigenvalue weighted by molar-refractivity contribution is -0.161. The molecule has 142 valence electrons. The number of likely N-dealkylation sites (tertiary alicyclic amines) is 1. The number of hydrogen-bond acceptors (Lipinski definition) is 4. The van der Waals surface area contributed by atoms with E-state index in [0.29, 0.717) is 5.56 Å². The van der Waals surface area contributed by atoms with Crippen molar-refractivity contribution in [2.45, 2.75) is 18.9 Å². The number of nitrogens with zero attached hydrogens (tertiary/aromatic N) is 2. The first-order valence-electron chi connectivity index (χ1n) is 8.38. The fraction of sp³-hybridized carbons (Fsp3) is 0.316. The van der Waals surface area contributed by atoms with Crippen LogP contribution < -0.4 is 0 Å². The van der Waals surface area contributed by atoms with Crippen molar-refractivity contribution in [3.8, 4) is 0 Å². The maximum atomic E-state index is 13.9. The van der Waals surface area contributed by atoms with Gasteiger partial charge in [-0.2, -0.15) is 0 Å². The number of amides is 1. The third kappa shape index (κ3) is 3.66. The molecule has 0 spiro atoms. The van der Waals surface area contributed by atoms with Crippen LogP contribution in [0.15, 0.2) is 42.7 Å². The predicted octanol–water partition coefficient (Wildman–Crippen LogP) is 1.88.